The number of carbonyl (C=O) groups is 1. The minimum atomic E-state index is -0.00936. The van der Waals surface area contributed by atoms with Crippen LogP contribution >= 0.6 is 27.5 Å². The van der Waals surface area contributed by atoms with E-state index in [0.29, 0.717) is 17.1 Å². The van der Waals surface area contributed by atoms with E-state index in [4.69, 9.17) is 11.6 Å². The van der Waals surface area contributed by atoms with Gasteiger partial charge in [-0.15, -0.1) is 0 Å². The average molecular weight is 353 g/mol. The van der Waals surface area contributed by atoms with Gasteiger partial charge in [-0.05, 0) is 53.0 Å². The van der Waals surface area contributed by atoms with Gasteiger partial charge in [-0.2, -0.15) is 0 Å². The molecule has 0 unspecified atom stereocenters. The maximum atomic E-state index is 11.9. The molecule has 2 aromatic carbocycles. The molecule has 0 aliphatic rings. The highest BCUT2D eigenvalue weighted by atomic mass is 79.9. The molecule has 2 aromatic rings. The van der Waals surface area contributed by atoms with Gasteiger partial charge in [0, 0.05) is 16.6 Å². The molecule has 0 aliphatic carbocycles. The minimum absolute atomic E-state index is 0.00936. The van der Waals surface area contributed by atoms with Crippen LogP contribution in [0.4, 0.5) is 5.69 Å². The predicted octanol–water partition coefficient (Wildman–Crippen LogP) is 4.98. The lowest BCUT2D eigenvalue weighted by Gasteiger charge is -2.07. The quantitative estimate of drug-likeness (QED) is 0.826. The monoisotopic (exact) mass is 351 g/mol. The third-order valence-electron chi connectivity index (χ3n) is 2.93. The van der Waals surface area contributed by atoms with Gasteiger partial charge in [0.05, 0.1) is 5.02 Å². The van der Waals surface area contributed by atoms with Gasteiger partial charge >= 0.3 is 0 Å². The zero-order chi connectivity index (χ0) is 14.5. The number of nitrogens with one attached hydrogen (secondary N) is 1. The molecular weight excluding hydrogens is 338 g/mol. The largest absolute Gasteiger partial charge is 0.326 e. The van der Waals surface area contributed by atoms with E-state index in [-0.39, 0.29) is 5.91 Å². The van der Waals surface area contributed by atoms with Crippen molar-refractivity contribution >= 4 is 39.1 Å². The molecule has 4 heteroatoms. The van der Waals surface area contributed by atoms with Crippen molar-refractivity contribution < 1.29 is 4.79 Å². The van der Waals surface area contributed by atoms with Gasteiger partial charge in [-0.1, -0.05) is 41.4 Å². The summed E-state index contributed by atoms with van der Waals surface area (Å²) in [5, 5.41) is 3.44. The highest BCUT2D eigenvalue weighted by molar-refractivity contribution is 9.10. The van der Waals surface area contributed by atoms with Gasteiger partial charge in [0.15, 0.2) is 0 Å². The summed E-state index contributed by atoms with van der Waals surface area (Å²) in [5.41, 5.74) is 3.10. The average Bonchev–Trinajstić information content (AvgIpc) is 2.41. The van der Waals surface area contributed by atoms with Crippen LogP contribution in [0.2, 0.25) is 5.02 Å². The molecule has 0 spiro atoms. The fourth-order valence-corrected chi connectivity index (χ4v) is 2.35. The first-order chi connectivity index (χ1) is 9.54. The summed E-state index contributed by atoms with van der Waals surface area (Å²) >= 11 is 9.31. The Balaban J connectivity index is 1.91. The maximum absolute atomic E-state index is 11.9. The molecule has 0 saturated carbocycles. The molecule has 0 saturated heterocycles. The second-order valence-corrected chi connectivity index (χ2v) is 5.93. The zero-order valence-corrected chi connectivity index (χ0v) is 13.5. The van der Waals surface area contributed by atoms with Crippen molar-refractivity contribution in [2.45, 2.75) is 19.8 Å². The van der Waals surface area contributed by atoms with E-state index in [0.717, 1.165) is 10.9 Å². The Hall–Kier alpha value is -1.32. The summed E-state index contributed by atoms with van der Waals surface area (Å²) in [5.74, 6) is -0.00936. The van der Waals surface area contributed by atoms with E-state index >= 15 is 0 Å². The highest BCUT2D eigenvalue weighted by Crippen LogP contribution is 2.25. The van der Waals surface area contributed by atoms with E-state index in [1.54, 1.807) is 6.07 Å². The maximum Gasteiger partial charge on any atom is 0.224 e. The first kappa shape index (κ1) is 15.1. The van der Waals surface area contributed by atoms with Crippen LogP contribution in [0.15, 0.2) is 46.9 Å². The molecule has 1 N–H and O–H groups in total. The third kappa shape index (κ3) is 4.36. The summed E-state index contributed by atoms with van der Waals surface area (Å²) in [6.45, 7) is 2.05. The number of hydrogen-bond acceptors (Lipinski definition) is 1. The van der Waals surface area contributed by atoms with Gasteiger partial charge < -0.3 is 5.32 Å². The first-order valence-electron chi connectivity index (χ1n) is 6.35. The molecule has 0 fully saturated rings. The predicted molar refractivity (Wildman–Crippen MR) is 87.3 cm³/mol. The SMILES string of the molecule is Cc1cccc(CCC(=O)Nc2ccc(Br)c(Cl)c2)c1. The smallest absolute Gasteiger partial charge is 0.224 e. The van der Waals surface area contributed by atoms with Crippen molar-refractivity contribution in [1.29, 1.82) is 0 Å². The topological polar surface area (TPSA) is 29.1 Å². The molecule has 1 amide bonds. The second-order valence-electron chi connectivity index (χ2n) is 4.67. The van der Waals surface area contributed by atoms with Crippen LogP contribution < -0.4 is 5.32 Å². The highest BCUT2D eigenvalue weighted by Gasteiger charge is 2.05. The van der Waals surface area contributed by atoms with E-state index in [1.165, 1.54) is 11.1 Å². The molecule has 20 heavy (non-hydrogen) atoms. The van der Waals surface area contributed by atoms with Crippen LogP contribution in [0.1, 0.15) is 17.5 Å². The van der Waals surface area contributed by atoms with Crippen LogP contribution in [0.25, 0.3) is 0 Å². The minimum Gasteiger partial charge on any atom is -0.326 e. The number of aryl methyl sites for hydroxylation is 2. The summed E-state index contributed by atoms with van der Waals surface area (Å²) in [4.78, 5) is 11.9. The van der Waals surface area contributed by atoms with Gasteiger partial charge in [0.2, 0.25) is 5.91 Å². The number of amides is 1. The Kier molecular flexibility index (Phi) is 5.21. The molecule has 2 rings (SSSR count). The third-order valence-corrected chi connectivity index (χ3v) is 4.16. The van der Waals surface area contributed by atoms with Gasteiger partial charge in [0.25, 0.3) is 0 Å². The van der Waals surface area contributed by atoms with E-state index in [9.17, 15) is 4.79 Å². The Bertz CT molecular complexity index is 628. The number of rotatable bonds is 4. The molecule has 0 aromatic heterocycles. The van der Waals surface area contributed by atoms with Crippen LogP contribution in [0.3, 0.4) is 0 Å². The van der Waals surface area contributed by atoms with E-state index in [2.05, 4.69) is 27.3 Å². The Morgan fingerprint density at radius 2 is 2.05 bits per heavy atom. The van der Waals surface area contributed by atoms with Crippen LogP contribution in [-0.4, -0.2) is 5.91 Å². The molecule has 0 heterocycles. The second kappa shape index (κ2) is 6.91. The van der Waals surface area contributed by atoms with Crippen molar-refractivity contribution in [2.24, 2.45) is 0 Å². The lowest BCUT2D eigenvalue weighted by atomic mass is 10.1. The fraction of sp³-hybridized carbons (Fsp3) is 0.188. The number of carbonyl (C=O) groups excluding carboxylic acids is 1. The van der Waals surface area contributed by atoms with Crippen molar-refractivity contribution in [3.63, 3.8) is 0 Å². The van der Waals surface area contributed by atoms with Crippen molar-refractivity contribution in [2.75, 3.05) is 5.32 Å². The van der Waals surface area contributed by atoms with Crippen molar-refractivity contribution in [3.8, 4) is 0 Å². The van der Waals surface area contributed by atoms with Crippen molar-refractivity contribution in [3.05, 3.63) is 63.1 Å². The standard InChI is InChI=1S/C16H15BrClNO/c1-11-3-2-4-12(9-11)5-8-16(20)19-13-6-7-14(17)15(18)10-13/h2-4,6-7,9-10H,5,8H2,1H3,(H,19,20). The van der Waals surface area contributed by atoms with Crippen molar-refractivity contribution in [1.82, 2.24) is 0 Å². The number of benzene rings is 2. The summed E-state index contributed by atoms with van der Waals surface area (Å²) in [6, 6.07) is 13.6. The normalized spacial score (nSPS) is 10.3. The summed E-state index contributed by atoms with van der Waals surface area (Å²) in [6.07, 6.45) is 1.19. The van der Waals surface area contributed by atoms with E-state index < -0.39 is 0 Å². The molecule has 0 aliphatic heterocycles. The molecule has 0 bridgehead atoms. The number of anilines is 1. The lowest BCUT2D eigenvalue weighted by molar-refractivity contribution is -0.116. The number of halogens is 2. The van der Waals surface area contributed by atoms with Crippen LogP contribution in [0, 0.1) is 6.92 Å². The molecule has 2 nitrogen and oxygen atoms in total. The van der Waals surface area contributed by atoms with E-state index in [1.807, 2.05) is 37.3 Å². The van der Waals surface area contributed by atoms with Crippen LogP contribution in [0.5, 0.6) is 0 Å². The summed E-state index contributed by atoms with van der Waals surface area (Å²) in [7, 11) is 0. The van der Waals surface area contributed by atoms with Gasteiger partial charge in [0.1, 0.15) is 0 Å². The zero-order valence-electron chi connectivity index (χ0n) is 11.1. The molecule has 0 atom stereocenters. The lowest BCUT2D eigenvalue weighted by Crippen LogP contribution is -2.12. The molecule has 104 valence electrons. The van der Waals surface area contributed by atoms with Crippen LogP contribution in [-0.2, 0) is 11.2 Å². The summed E-state index contributed by atoms with van der Waals surface area (Å²) < 4.78 is 0.817. The number of hydrogen-bond donors (Lipinski definition) is 1. The Morgan fingerprint density at radius 1 is 1.25 bits per heavy atom. The molecular formula is C16H15BrClNO. The van der Waals surface area contributed by atoms with Gasteiger partial charge in [-0.25, -0.2) is 0 Å². The fourth-order valence-electron chi connectivity index (χ4n) is 1.92. The van der Waals surface area contributed by atoms with Gasteiger partial charge in [-0.3, -0.25) is 4.79 Å². The Morgan fingerprint density at radius 3 is 2.75 bits per heavy atom. The molecule has 0 radical (unpaired) electrons. The first-order valence-corrected chi connectivity index (χ1v) is 7.52. The Labute approximate surface area is 132 Å².